The molecule has 0 unspecified atom stereocenters. The second-order valence-electron chi connectivity index (χ2n) is 3.82. The predicted molar refractivity (Wildman–Crippen MR) is 67.3 cm³/mol. The van der Waals surface area contributed by atoms with Gasteiger partial charge in [0, 0.05) is 5.56 Å². The summed E-state index contributed by atoms with van der Waals surface area (Å²) in [6.07, 6.45) is 0.839. The third-order valence-electron chi connectivity index (χ3n) is 2.79. The minimum Gasteiger partial charge on any atom is -0.264 e. The molecular weight excluding hydrogens is 214 g/mol. The fourth-order valence-corrected chi connectivity index (χ4v) is 1.99. The van der Waals surface area contributed by atoms with Gasteiger partial charge in [-0.2, -0.15) is 0 Å². The maximum Gasteiger partial charge on any atom is 0.102 e. The van der Waals surface area contributed by atoms with Crippen molar-refractivity contribution in [1.82, 2.24) is 0 Å². The van der Waals surface area contributed by atoms with Crippen LogP contribution in [0.15, 0.2) is 48.5 Å². The Morgan fingerprint density at radius 2 is 1.65 bits per heavy atom. The van der Waals surface area contributed by atoms with Crippen molar-refractivity contribution in [3.05, 3.63) is 54.1 Å². The number of hydrogen-bond acceptors (Lipinski definition) is 3. The summed E-state index contributed by atoms with van der Waals surface area (Å²) in [6, 6.07) is 15.2. The van der Waals surface area contributed by atoms with E-state index in [0.29, 0.717) is 5.69 Å². The summed E-state index contributed by atoms with van der Waals surface area (Å²) in [4.78, 5) is 0. The van der Waals surface area contributed by atoms with E-state index in [0.717, 1.165) is 23.1 Å². The Kier molecular flexibility index (Phi) is 3.42. The van der Waals surface area contributed by atoms with Crippen molar-refractivity contribution in [2.24, 2.45) is 0 Å². The van der Waals surface area contributed by atoms with Crippen LogP contribution in [0, 0.1) is 0 Å². The van der Waals surface area contributed by atoms with Crippen LogP contribution in [0.25, 0.3) is 11.1 Å². The summed E-state index contributed by atoms with van der Waals surface area (Å²) in [5.41, 5.74) is 3.33. The average Bonchev–Trinajstić information content (AvgIpc) is 2.38. The van der Waals surface area contributed by atoms with Gasteiger partial charge in [-0.3, -0.25) is 10.4 Å². The van der Waals surface area contributed by atoms with Gasteiger partial charge in [0.15, 0.2) is 0 Å². The third-order valence-corrected chi connectivity index (χ3v) is 2.79. The zero-order valence-corrected chi connectivity index (χ0v) is 9.67. The largest absolute Gasteiger partial charge is 0.264 e. The van der Waals surface area contributed by atoms with E-state index in [4.69, 9.17) is 0 Å². The molecule has 88 valence electrons. The van der Waals surface area contributed by atoms with Gasteiger partial charge in [-0.25, -0.2) is 0 Å². The Hall–Kier alpha value is -1.84. The molecule has 0 saturated heterocycles. The quantitative estimate of drug-likeness (QED) is 0.792. The SMILES string of the molecule is CCc1cccc(N(O)O)c1-c1ccccc1. The van der Waals surface area contributed by atoms with Crippen LogP contribution in [0.2, 0.25) is 0 Å². The maximum atomic E-state index is 9.27. The number of benzene rings is 2. The van der Waals surface area contributed by atoms with Crippen LogP contribution in [0.1, 0.15) is 12.5 Å². The molecule has 0 radical (unpaired) electrons. The van der Waals surface area contributed by atoms with Crippen LogP contribution in [0.4, 0.5) is 5.69 Å². The highest BCUT2D eigenvalue weighted by molar-refractivity contribution is 5.80. The Morgan fingerprint density at radius 3 is 2.24 bits per heavy atom. The first kappa shape index (κ1) is 11.6. The minimum absolute atomic E-state index is 0.182. The van der Waals surface area contributed by atoms with E-state index < -0.39 is 0 Å². The van der Waals surface area contributed by atoms with E-state index in [9.17, 15) is 10.4 Å². The van der Waals surface area contributed by atoms with Crippen LogP contribution in [0.5, 0.6) is 0 Å². The van der Waals surface area contributed by atoms with E-state index in [2.05, 4.69) is 0 Å². The molecule has 0 aliphatic rings. The van der Waals surface area contributed by atoms with Crippen molar-refractivity contribution < 1.29 is 10.4 Å². The first-order valence-electron chi connectivity index (χ1n) is 5.59. The Balaban J connectivity index is 2.65. The average molecular weight is 229 g/mol. The molecule has 2 aromatic rings. The number of anilines is 1. The molecule has 0 atom stereocenters. The first-order valence-corrected chi connectivity index (χ1v) is 5.59. The van der Waals surface area contributed by atoms with Crippen LogP contribution in [-0.2, 0) is 6.42 Å². The Bertz CT molecular complexity index is 495. The minimum atomic E-state index is 0.182. The van der Waals surface area contributed by atoms with Gasteiger partial charge in [-0.05, 0) is 23.6 Å². The molecule has 2 aromatic carbocycles. The lowest BCUT2D eigenvalue weighted by molar-refractivity contribution is 0.0294. The standard InChI is InChI=1S/C14H15NO2/c1-2-11-9-6-10-13(15(16)17)14(11)12-7-4-3-5-8-12/h3-10,16-17H,2H2,1H3. The molecule has 0 aliphatic heterocycles. The molecule has 0 saturated carbocycles. The summed E-state index contributed by atoms with van der Waals surface area (Å²) < 4.78 is 0. The predicted octanol–water partition coefficient (Wildman–Crippen LogP) is 3.50. The molecule has 0 heterocycles. The van der Waals surface area contributed by atoms with E-state index in [1.807, 2.05) is 49.4 Å². The monoisotopic (exact) mass is 229 g/mol. The van der Waals surface area contributed by atoms with Gasteiger partial charge in [0.1, 0.15) is 5.69 Å². The van der Waals surface area contributed by atoms with E-state index in [1.165, 1.54) is 0 Å². The van der Waals surface area contributed by atoms with Crippen LogP contribution < -0.4 is 5.23 Å². The van der Waals surface area contributed by atoms with Crippen LogP contribution in [-0.4, -0.2) is 10.4 Å². The lowest BCUT2D eigenvalue weighted by Gasteiger charge is -2.17. The normalized spacial score (nSPS) is 10.3. The molecule has 0 aromatic heterocycles. The highest BCUT2D eigenvalue weighted by Crippen LogP contribution is 2.33. The summed E-state index contributed by atoms with van der Waals surface area (Å²) in [7, 11) is 0. The van der Waals surface area contributed by atoms with Crippen molar-refractivity contribution in [2.45, 2.75) is 13.3 Å². The van der Waals surface area contributed by atoms with Crippen LogP contribution >= 0.6 is 0 Å². The highest BCUT2D eigenvalue weighted by Gasteiger charge is 2.12. The van der Waals surface area contributed by atoms with Crippen molar-refractivity contribution >= 4 is 5.69 Å². The van der Waals surface area contributed by atoms with E-state index in [1.54, 1.807) is 6.07 Å². The third kappa shape index (κ3) is 2.30. The van der Waals surface area contributed by atoms with Gasteiger partial charge in [0.25, 0.3) is 0 Å². The number of rotatable bonds is 3. The molecule has 0 spiro atoms. The molecule has 0 bridgehead atoms. The molecule has 2 N–H and O–H groups in total. The van der Waals surface area contributed by atoms with Gasteiger partial charge >= 0.3 is 0 Å². The van der Waals surface area contributed by atoms with E-state index >= 15 is 0 Å². The lowest BCUT2D eigenvalue weighted by Crippen LogP contribution is -2.13. The van der Waals surface area contributed by atoms with Crippen molar-refractivity contribution in [3.8, 4) is 11.1 Å². The van der Waals surface area contributed by atoms with Gasteiger partial charge in [0.05, 0.1) is 0 Å². The highest BCUT2D eigenvalue weighted by atomic mass is 16.8. The molecule has 0 fully saturated rings. The van der Waals surface area contributed by atoms with Gasteiger partial charge in [0.2, 0.25) is 0 Å². The summed E-state index contributed by atoms with van der Waals surface area (Å²) in [5.74, 6) is 0. The first-order chi connectivity index (χ1) is 8.24. The lowest BCUT2D eigenvalue weighted by atomic mass is 9.96. The molecule has 3 heteroatoms. The summed E-state index contributed by atoms with van der Waals surface area (Å²) in [6.45, 7) is 2.05. The van der Waals surface area contributed by atoms with Crippen molar-refractivity contribution in [3.63, 3.8) is 0 Å². The zero-order valence-electron chi connectivity index (χ0n) is 9.67. The molecule has 0 amide bonds. The van der Waals surface area contributed by atoms with Crippen molar-refractivity contribution in [1.29, 1.82) is 0 Å². The van der Waals surface area contributed by atoms with Crippen LogP contribution in [0.3, 0.4) is 0 Å². The fraction of sp³-hybridized carbons (Fsp3) is 0.143. The van der Waals surface area contributed by atoms with E-state index in [-0.39, 0.29) is 5.23 Å². The Morgan fingerprint density at radius 1 is 0.941 bits per heavy atom. The number of hydrogen-bond donors (Lipinski definition) is 2. The second-order valence-corrected chi connectivity index (χ2v) is 3.82. The Labute approximate surface area is 100 Å². The molecule has 0 aliphatic carbocycles. The topological polar surface area (TPSA) is 43.7 Å². The fourth-order valence-electron chi connectivity index (χ4n) is 1.99. The van der Waals surface area contributed by atoms with Gasteiger partial charge in [-0.15, -0.1) is 5.23 Å². The second kappa shape index (κ2) is 4.99. The van der Waals surface area contributed by atoms with Crippen molar-refractivity contribution in [2.75, 3.05) is 5.23 Å². The summed E-state index contributed by atoms with van der Waals surface area (Å²) in [5, 5.41) is 18.7. The molecular formula is C14H15NO2. The van der Waals surface area contributed by atoms with Gasteiger partial charge in [-0.1, -0.05) is 49.4 Å². The molecule has 2 rings (SSSR count). The zero-order chi connectivity index (χ0) is 12.3. The number of nitrogens with zero attached hydrogens (tertiary/aromatic N) is 1. The maximum absolute atomic E-state index is 9.27. The van der Waals surface area contributed by atoms with Gasteiger partial charge < -0.3 is 0 Å². The molecule has 17 heavy (non-hydrogen) atoms. The smallest absolute Gasteiger partial charge is 0.102 e. The number of aryl methyl sites for hydroxylation is 1. The summed E-state index contributed by atoms with van der Waals surface area (Å²) >= 11 is 0. The molecule has 3 nitrogen and oxygen atoms in total.